The predicted molar refractivity (Wildman–Crippen MR) is 83.8 cm³/mol. The van der Waals surface area contributed by atoms with Crippen molar-refractivity contribution in [3.63, 3.8) is 0 Å². The van der Waals surface area contributed by atoms with Crippen molar-refractivity contribution < 1.29 is 14.0 Å². The molecule has 19 heavy (non-hydrogen) atoms. The third kappa shape index (κ3) is 9.90. The van der Waals surface area contributed by atoms with Crippen LogP contribution in [0.15, 0.2) is 12.2 Å². The van der Waals surface area contributed by atoms with Crippen LogP contribution >= 0.6 is 0 Å². The Balaban J connectivity index is 3.74. The third-order valence-corrected chi connectivity index (χ3v) is 5.91. The second-order valence-corrected chi connectivity index (χ2v) is 9.19. The lowest BCUT2D eigenvalue weighted by Gasteiger charge is -2.29. The van der Waals surface area contributed by atoms with E-state index in [1.54, 1.807) is 6.92 Å². The molecular formula is C15H31NO2Si+. The number of nitrogens with zero attached hydrogens (tertiary/aromatic N) is 1. The molecule has 0 aliphatic rings. The smallest absolute Gasteiger partial charge is 0.333 e. The molecule has 3 nitrogen and oxygen atoms in total. The lowest BCUT2D eigenvalue weighted by atomic mass is 10.3. The molecule has 0 unspecified atom stereocenters. The molecule has 0 aromatic carbocycles. The summed E-state index contributed by atoms with van der Waals surface area (Å²) in [5.41, 5.74) is 0.475. The Morgan fingerprint density at radius 2 is 1.89 bits per heavy atom. The Bertz CT molecular complexity index is 290. The van der Waals surface area contributed by atoms with E-state index < -0.39 is 0 Å². The molecule has 0 amide bonds. The van der Waals surface area contributed by atoms with E-state index in [2.05, 4.69) is 34.1 Å². The second-order valence-electron chi connectivity index (χ2n) is 6.07. The molecular weight excluding hydrogens is 254 g/mol. The minimum absolute atomic E-state index is 0.0694. The monoisotopic (exact) mass is 285 g/mol. The topological polar surface area (TPSA) is 26.3 Å². The van der Waals surface area contributed by atoms with E-state index in [9.17, 15) is 4.79 Å². The molecule has 0 atom stereocenters. The highest BCUT2D eigenvalue weighted by Gasteiger charge is 2.16. The summed E-state index contributed by atoms with van der Waals surface area (Å²) in [4.78, 5) is 11.3. The van der Waals surface area contributed by atoms with Gasteiger partial charge in [-0.15, -0.1) is 0 Å². The van der Waals surface area contributed by atoms with Crippen molar-refractivity contribution in [1.29, 1.82) is 0 Å². The minimum atomic E-state index is -0.277. The maximum absolute atomic E-state index is 11.3. The van der Waals surface area contributed by atoms with Crippen LogP contribution in [0.1, 0.15) is 26.7 Å². The van der Waals surface area contributed by atoms with Crippen LogP contribution in [0.25, 0.3) is 0 Å². The Kier molecular flexibility index (Phi) is 9.02. The first-order valence-corrected chi connectivity index (χ1v) is 9.66. The van der Waals surface area contributed by atoms with E-state index in [0.717, 1.165) is 17.6 Å². The molecule has 111 valence electrons. The van der Waals surface area contributed by atoms with Crippen LogP contribution in [0.3, 0.4) is 0 Å². The summed E-state index contributed by atoms with van der Waals surface area (Å²) in [6.45, 7) is 12.5. The van der Waals surface area contributed by atoms with Crippen LogP contribution < -0.4 is 0 Å². The Morgan fingerprint density at radius 1 is 1.26 bits per heavy atom. The molecule has 0 spiro atoms. The summed E-state index contributed by atoms with van der Waals surface area (Å²) >= 11 is 0. The fraction of sp³-hybridized carbons (Fsp3) is 0.800. The zero-order valence-electron chi connectivity index (χ0n) is 13.4. The van der Waals surface area contributed by atoms with Gasteiger partial charge in [0.25, 0.3) is 0 Å². The van der Waals surface area contributed by atoms with Crippen molar-refractivity contribution in [3.05, 3.63) is 12.2 Å². The number of esters is 1. The van der Waals surface area contributed by atoms with E-state index in [4.69, 9.17) is 4.74 Å². The van der Waals surface area contributed by atoms with Gasteiger partial charge in [-0.2, -0.15) is 0 Å². The van der Waals surface area contributed by atoms with Gasteiger partial charge < -0.3 is 9.22 Å². The van der Waals surface area contributed by atoms with Gasteiger partial charge in [-0.3, -0.25) is 0 Å². The van der Waals surface area contributed by atoms with Gasteiger partial charge in [-0.05, 0) is 13.3 Å². The summed E-state index contributed by atoms with van der Waals surface area (Å²) in [7, 11) is 4.33. The molecule has 0 fully saturated rings. The minimum Gasteiger partial charge on any atom is -0.456 e. The Hall–Kier alpha value is -0.613. The number of carbonyl (C=O) groups is 1. The molecule has 0 saturated carbocycles. The maximum Gasteiger partial charge on any atom is 0.333 e. The van der Waals surface area contributed by atoms with Crippen LogP contribution in [0.5, 0.6) is 0 Å². The van der Waals surface area contributed by atoms with Gasteiger partial charge in [0.05, 0.1) is 20.6 Å². The molecule has 0 aliphatic heterocycles. The van der Waals surface area contributed by atoms with E-state index in [1.165, 1.54) is 24.9 Å². The van der Waals surface area contributed by atoms with Gasteiger partial charge >= 0.3 is 5.97 Å². The Morgan fingerprint density at radius 3 is 2.42 bits per heavy atom. The SMILES string of the molecule is C=C(C)C(=O)OCC[N+](C)(C)CCCC[Si](C)CC. The lowest BCUT2D eigenvalue weighted by molar-refractivity contribution is -0.890. The molecule has 0 saturated heterocycles. The average Bonchev–Trinajstić information content (AvgIpc) is 2.33. The summed E-state index contributed by atoms with van der Waals surface area (Å²) < 4.78 is 6.07. The molecule has 0 rings (SSSR count). The zero-order chi connectivity index (χ0) is 14.9. The molecule has 0 bridgehead atoms. The number of hydrogen-bond acceptors (Lipinski definition) is 2. The lowest BCUT2D eigenvalue weighted by Crippen LogP contribution is -2.43. The van der Waals surface area contributed by atoms with Crippen LogP contribution in [-0.2, 0) is 9.53 Å². The first kappa shape index (κ1) is 18.4. The van der Waals surface area contributed by atoms with Crippen molar-refractivity contribution in [2.24, 2.45) is 0 Å². The zero-order valence-corrected chi connectivity index (χ0v) is 14.4. The third-order valence-electron chi connectivity index (χ3n) is 3.50. The number of ether oxygens (including phenoxy) is 1. The highest BCUT2D eigenvalue weighted by molar-refractivity contribution is 6.57. The highest BCUT2D eigenvalue weighted by atomic mass is 28.3. The largest absolute Gasteiger partial charge is 0.456 e. The van der Waals surface area contributed by atoms with Gasteiger partial charge in [0, 0.05) is 14.4 Å². The Labute approximate surface area is 120 Å². The number of hydrogen-bond donors (Lipinski definition) is 0. The predicted octanol–water partition coefficient (Wildman–Crippen LogP) is 3.11. The fourth-order valence-corrected chi connectivity index (χ4v) is 2.97. The van der Waals surface area contributed by atoms with Crippen LogP contribution in [0.2, 0.25) is 18.6 Å². The average molecular weight is 286 g/mol. The second kappa shape index (κ2) is 9.32. The number of likely N-dealkylation sites (N-methyl/N-ethyl adjacent to an activating group) is 1. The van der Waals surface area contributed by atoms with Crippen molar-refractivity contribution in [3.8, 4) is 0 Å². The van der Waals surface area contributed by atoms with Crippen molar-refractivity contribution in [2.75, 3.05) is 33.8 Å². The number of unbranched alkanes of at least 4 members (excludes halogenated alkanes) is 1. The molecule has 0 N–H and O–H groups in total. The van der Waals surface area contributed by atoms with E-state index in [-0.39, 0.29) is 14.8 Å². The molecule has 0 heterocycles. The van der Waals surface area contributed by atoms with Crippen molar-refractivity contribution in [2.45, 2.75) is 45.3 Å². The van der Waals surface area contributed by atoms with Crippen molar-refractivity contribution in [1.82, 2.24) is 0 Å². The van der Waals surface area contributed by atoms with Crippen LogP contribution in [0, 0.1) is 0 Å². The quantitative estimate of drug-likeness (QED) is 0.203. The van der Waals surface area contributed by atoms with E-state index in [0.29, 0.717) is 12.2 Å². The highest BCUT2D eigenvalue weighted by Crippen LogP contribution is 2.08. The van der Waals surface area contributed by atoms with Crippen LogP contribution in [0.4, 0.5) is 0 Å². The summed E-state index contributed by atoms with van der Waals surface area (Å²) in [5.74, 6) is -0.277. The summed E-state index contributed by atoms with van der Waals surface area (Å²) in [6.07, 6.45) is 2.61. The molecule has 4 heteroatoms. The van der Waals surface area contributed by atoms with Crippen LogP contribution in [-0.4, -0.2) is 53.0 Å². The number of quaternary nitrogens is 1. The normalized spacial score (nSPS) is 11.7. The molecule has 0 aliphatic carbocycles. The first-order valence-electron chi connectivity index (χ1n) is 7.24. The fourth-order valence-electron chi connectivity index (χ4n) is 1.76. The molecule has 0 aromatic heterocycles. The van der Waals surface area contributed by atoms with Gasteiger partial charge in [-0.1, -0.05) is 38.6 Å². The standard InChI is InChI=1S/C15H31NO2Si/c1-7-19(6)13-9-8-10-16(4,5)11-12-18-15(17)14(2)3/h2,7-13H2,1,3-6H3/q+1. The molecule has 1 radical (unpaired) electrons. The van der Waals surface area contributed by atoms with E-state index >= 15 is 0 Å². The number of carbonyl (C=O) groups excluding carboxylic acids is 1. The van der Waals surface area contributed by atoms with Gasteiger partial charge in [0.1, 0.15) is 13.2 Å². The van der Waals surface area contributed by atoms with Gasteiger partial charge in [0.2, 0.25) is 0 Å². The van der Waals surface area contributed by atoms with Crippen molar-refractivity contribution >= 4 is 14.8 Å². The summed E-state index contributed by atoms with van der Waals surface area (Å²) in [5, 5.41) is 0. The number of rotatable bonds is 10. The summed E-state index contributed by atoms with van der Waals surface area (Å²) in [6, 6.07) is 2.80. The van der Waals surface area contributed by atoms with Gasteiger partial charge in [0.15, 0.2) is 0 Å². The van der Waals surface area contributed by atoms with E-state index in [1.807, 2.05) is 0 Å². The maximum atomic E-state index is 11.3. The molecule has 0 aromatic rings. The first-order chi connectivity index (χ1) is 8.78. The van der Waals surface area contributed by atoms with Gasteiger partial charge in [-0.25, -0.2) is 4.79 Å².